The highest BCUT2D eigenvalue weighted by molar-refractivity contribution is 7.10. The number of hydrogen-bond donors (Lipinski definition) is 1. The molecular weight excluding hydrogens is 230 g/mol. The van der Waals surface area contributed by atoms with Crippen LogP contribution in [0.25, 0.3) is 0 Å². The first-order valence-electron chi connectivity index (χ1n) is 5.87. The first-order valence-corrected chi connectivity index (χ1v) is 6.75. The summed E-state index contributed by atoms with van der Waals surface area (Å²) in [7, 11) is 0. The third-order valence-electron chi connectivity index (χ3n) is 2.91. The van der Waals surface area contributed by atoms with Crippen molar-refractivity contribution in [3.63, 3.8) is 0 Å². The predicted molar refractivity (Wildman–Crippen MR) is 72.2 cm³/mol. The largest absolute Gasteiger partial charge is 0.328 e. The van der Waals surface area contributed by atoms with Gasteiger partial charge in [-0.05, 0) is 37.3 Å². The Hall–Kier alpha value is -1.13. The van der Waals surface area contributed by atoms with Crippen molar-refractivity contribution in [3.8, 4) is 0 Å². The summed E-state index contributed by atoms with van der Waals surface area (Å²) in [5.74, 6) is 0. The lowest BCUT2D eigenvalue weighted by Crippen LogP contribution is -2.31. The van der Waals surface area contributed by atoms with Gasteiger partial charge in [0.25, 0.3) is 0 Å². The Morgan fingerprint density at radius 3 is 2.88 bits per heavy atom. The van der Waals surface area contributed by atoms with E-state index in [0.717, 1.165) is 18.7 Å². The van der Waals surface area contributed by atoms with Crippen LogP contribution in [0.2, 0.25) is 0 Å². The molecule has 0 saturated heterocycles. The quantitative estimate of drug-likeness (QED) is 0.905. The Balaban J connectivity index is 2.28. The molecular formula is C13H19N3S. The lowest BCUT2D eigenvalue weighted by Gasteiger charge is -2.20. The summed E-state index contributed by atoms with van der Waals surface area (Å²) in [4.78, 5) is 5.61. The number of rotatable bonds is 4. The minimum absolute atomic E-state index is 0.347. The molecule has 0 atom stereocenters. The number of thiophene rings is 1. The van der Waals surface area contributed by atoms with Crippen LogP contribution in [-0.2, 0) is 18.5 Å². The van der Waals surface area contributed by atoms with E-state index in [1.54, 1.807) is 11.3 Å². The number of nitrogens with zero attached hydrogens (tertiary/aromatic N) is 2. The van der Waals surface area contributed by atoms with Gasteiger partial charge in [0.05, 0.1) is 24.1 Å². The summed E-state index contributed by atoms with van der Waals surface area (Å²) >= 11 is 1.80. The Bertz CT molecular complexity index is 491. The molecule has 2 rings (SSSR count). The lowest BCUT2D eigenvalue weighted by atomic mass is 10.0. The molecule has 4 heteroatoms. The maximum absolute atomic E-state index is 6.14. The second-order valence-corrected chi connectivity index (χ2v) is 5.85. The smallest absolute Gasteiger partial charge is 0.0952 e. The molecule has 2 aromatic heterocycles. The fourth-order valence-electron chi connectivity index (χ4n) is 1.96. The molecule has 92 valence electrons. The van der Waals surface area contributed by atoms with Crippen LogP contribution in [0.1, 0.15) is 36.9 Å². The molecule has 0 aliphatic rings. The lowest BCUT2D eigenvalue weighted by molar-refractivity contribution is 0.504. The maximum Gasteiger partial charge on any atom is 0.0952 e. The first kappa shape index (κ1) is 12.3. The number of nitrogens with two attached hydrogens (primary N) is 1. The molecule has 0 radical (unpaired) electrons. The predicted octanol–water partition coefficient (Wildman–Crippen LogP) is 2.75. The molecule has 0 saturated carbocycles. The highest BCUT2D eigenvalue weighted by Crippen LogP contribution is 2.22. The van der Waals surface area contributed by atoms with Crippen molar-refractivity contribution in [3.05, 3.63) is 40.1 Å². The van der Waals surface area contributed by atoms with Crippen molar-refractivity contribution < 1.29 is 0 Å². The number of aromatic nitrogens is 2. The fourth-order valence-corrected chi connectivity index (χ4v) is 2.93. The first-order chi connectivity index (χ1) is 8.02. The van der Waals surface area contributed by atoms with E-state index in [-0.39, 0.29) is 5.54 Å². The summed E-state index contributed by atoms with van der Waals surface area (Å²) in [6.45, 7) is 7.08. The molecule has 2 N–H and O–H groups in total. The number of imidazole rings is 1. The number of aryl methyl sites for hydroxylation is 1. The Kier molecular flexibility index (Phi) is 3.35. The zero-order valence-electron chi connectivity index (χ0n) is 10.6. The molecule has 0 unspecified atom stereocenters. The van der Waals surface area contributed by atoms with Crippen molar-refractivity contribution in [1.29, 1.82) is 0 Å². The van der Waals surface area contributed by atoms with Crippen LogP contribution >= 0.6 is 11.3 Å². The van der Waals surface area contributed by atoms with Gasteiger partial charge in [0, 0.05) is 11.1 Å². The number of hydrogen-bond acceptors (Lipinski definition) is 3. The summed E-state index contributed by atoms with van der Waals surface area (Å²) in [6, 6.07) is 2.20. The average Bonchev–Trinajstić information content (AvgIpc) is 2.85. The van der Waals surface area contributed by atoms with E-state index in [4.69, 9.17) is 5.73 Å². The standard InChI is InChI=1S/C13H19N3S/c1-4-10-5-6-17-11(10)8-16-9-15-7-12(16)13(2,3)14/h5-7,9H,4,8,14H2,1-3H3. The summed E-state index contributed by atoms with van der Waals surface area (Å²) in [5.41, 5.74) is 8.29. The molecule has 3 nitrogen and oxygen atoms in total. The van der Waals surface area contributed by atoms with E-state index in [0.29, 0.717) is 0 Å². The second-order valence-electron chi connectivity index (χ2n) is 4.85. The Morgan fingerprint density at radius 2 is 2.24 bits per heavy atom. The van der Waals surface area contributed by atoms with Gasteiger partial charge in [-0.25, -0.2) is 4.98 Å². The van der Waals surface area contributed by atoms with Gasteiger partial charge in [0.2, 0.25) is 0 Å². The van der Waals surface area contributed by atoms with E-state index >= 15 is 0 Å². The Morgan fingerprint density at radius 1 is 1.47 bits per heavy atom. The molecule has 0 fully saturated rings. The molecule has 0 bridgehead atoms. The monoisotopic (exact) mass is 249 g/mol. The zero-order valence-corrected chi connectivity index (χ0v) is 11.4. The van der Waals surface area contributed by atoms with E-state index in [1.165, 1.54) is 10.4 Å². The summed E-state index contributed by atoms with van der Waals surface area (Å²) in [5, 5.41) is 2.15. The van der Waals surface area contributed by atoms with Crippen LogP contribution in [0.3, 0.4) is 0 Å². The normalized spacial score (nSPS) is 12.0. The van der Waals surface area contributed by atoms with E-state index < -0.39 is 0 Å². The summed E-state index contributed by atoms with van der Waals surface area (Å²) in [6.07, 6.45) is 4.80. The van der Waals surface area contributed by atoms with Gasteiger partial charge >= 0.3 is 0 Å². The van der Waals surface area contributed by atoms with Gasteiger partial charge in [0.1, 0.15) is 0 Å². The molecule has 17 heavy (non-hydrogen) atoms. The maximum atomic E-state index is 6.14. The third kappa shape index (κ3) is 2.58. The van der Waals surface area contributed by atoms with Gasteiger partial charge < -0.3 is 10.3 Å². The molecule has 0 aliphatic heterocycles. The van der Waals surface area contributed by atoms with Gasteiger partial charge in [0.15, 0.2) is 0 Å². The van der Waals surface area contributed by atoms with Crippen molar-refractivity contribution in [2.75, 3.05) is 0 Å². The molecule has 2 aromatic rings. The summed E-state index contributed by atoms with van der Waals surface area (Å²) < 4.78 is 2.14. The van der Waals surface area contributed by atoms with Gasteiger partial charge in [-0.2, -0.15) is 0 Å². The van der Waals surface area contributed by atoms with Gasteiger partial charge in [-0.3, -0.25) is 0 Å². The highest BCUT2D eigenvalue weighted by Gasteiger charge is 2.19. The average molecular weight is 249 g/mol. The van der Waals surface area contributed by atoms with Crippen LogP contribution in [0.15, 0.2) is 24.0 Å². The van der Waals surface area contributed by atoms with Crippen molar-refractivity contribution in [2.24, 2.45) is 5.73 Å². The van der Waals surface area contributed by atoms with Crippen molar-refractivity contribution in [2.45, 2.75) is 39.3 Å². The van der Waals surface area contributed by atoms with Crippen molar-refractivity contribution >= 4 is 11.3 Å². The minimum atomic E-state index is -0.347. The molecule has 0 spiro atoms. The van der Waals surface area contributed by atoms with Crippen LogP contribution in [0.4, 0.5) is 0 Å². The van der Waals surface area contributed by atoms with E-state index in [1.807, 2.05) is 26.4 Å². The zero-order chi connectivity index (χ0) is 12.5. The molecule has 0 aromatic carbocycles. The SMILES string of the molecule is CCc1ccsc1Cn1cncc1C(C)(C)N. The highest BCUT2D eigenvalue weighted by atomic mass is 32.1. The molecule has 0 aliphatic carbocycles. The molecule has 0 amide bonds. The van der Waals surface area contributed by atoms with Gasteiger partial charge in [-0.15, -0.1) is 11.3 Å². The molecule has 2 heterocycles. The van der Waals surface area contributed by atoms with Gasteiger partial charge in [-0.1, -0.05) is 6.92 Å². The fraction of sp³-hybridized carbons (Fsp3) is 0.462. The van der Waals surface area contributed by atoms with Crippen LogP contribution < -0.4 is 5.73 Å². The van der Waals surface area contributed by atoms with Crippen LogP contribution in [-0.4, -0.2) is 9.55 Å². The van der Waals surface area contributed by atoms with Crippen LogP contribution in [0, 0.1) is 0 Å². The van der Waals surface area contributed by atoms with E-state index in [9.17, 15) is 0 Å². The minimum Gasteiger partial charge on any atom is -0.328 e. The third-order valence-corrected chi connectivity index (χ3v) is 3.85. The second kappa shape index (κ2) is 4.63. The van der Waals surface area contributed by atoms with E-state index in [2.05, 4.69) is 27.9 Å². The Labute approximate surface area is 106 Å². The topological polar surface area (TPSA) is 43.8 Å². The van der Waals surface area contributed by atoms with Crippen molar-refractivity contribution in [1.82, 2.24) is 9.55 Å². The van der Waals surface area contributed by atoms with Crippen LogP contribution in [0.5, 0.6) is 0 Å².